The molecule has 0 aliphatic carbocycles. The first-order valence-electron chi connectivity index (χ1n) is 4.23. The molecule has 0 spiro atoms. The van der Waals surface area contributed by atoms with Crippen LogP contribution in [-0.2, 0) is 7.05 Å². The van der Waals surface area contributed by atoms with Gasteiger partial charge in [0.2, 0.25) is 0 Å². The number of nitrogens with one attached hydrogen (secondary N) is 1. The molecule has 0 aromatic carbocycles. The lowest BCUT2D eigenvalue weighted by Gasteiger charge is -1.99. The van der Waals surface area contributed by atoms with E-state index in [1.807, 2.05) is 41.9 Å². The van der Waals surface area contributed by atoms with Gasteiger partial charge in [0.15, 0.2) is 0 Å². The number of carbonyl (C=O) groups excluding carboxylic acids is 1. The number of aryl methyl sites for hydroxylation is 1. The Morgan fingerprint density at radius 1 is 1.77 bits per heavy atom. The van der Waals surface area contributed by atoms with E-state index in [2.05, 4.69) is 5.32 Å². The molecule has 1 heterocycles. The molecule has 13 heavy (non-hydrogen) atoms. The average molecular weight is 200 g/mol. The Bertz CT molecular complexity index is 308. The van der Waals surface area contributed by atoms with Gasteiger partial charge in [-0.15, -0.1) is 0 Å². The van der Waals surface area contributed by atoms with Crippen LogP contribution in [-0.4, -0.2) is 23.5 Å². The lowest BCUT2D eigenvalue weighted by molar-refractivity contribution is -0.672. The van der Waals surface area contributed by atoms with Crippen molar-refractivity contribution in [1.82, 2.24) is 9.65 Å². The van der Waals surface area contributed by atoms with Crippen LogP contribution in [0.25, 0.3) is 0 Å². The molecule has 0 radical (unpaired) electrons. The molecule has 0 fully saturated rings. The lowest BCUT2D eigenvalue weighted by atomic mass is 10.5. The highest BCUT2D eigenvalue weighted by atomic mass is 31.1. The van der Waals surface area contributed by atoms with Crippen molar-refractivity contribution in [1.29, 1.82) is 0 Å². The highest BCUT2D eigenvalue weighted by Crippen LogP contribution is 2.10. The molecule has 1 rings (SSSR count). The molecule has 5 heteroatoms. The SMILES string of the molecule is CCNC(=O)c1n(PC)cc[n+]1C. The van der Waals surface area contributed by atoms with Crippen LogP contribution < -0.4 is 9.88 Å². The Kier molecular flexibility index (Phi) is 3.43. The molecule has 4 nitrogen and oxygen atoms in total. The van der Waals surface area contributed by atoms with Crippen LogP contribution in [0.4, 0.5) is 0 Å². The molecular formula is C8H15N3OP+. The fourth-order valence-corrected chi connectivity index (χ4v) is 1.85. The van der Waals surface area contributed by atoms with Crippen LogP contribution in [0.5, 0.6) is 0 Å². The monoisotopic (exact) mass is 200 g/mol. The number of hydrogen-bond donors (Lipinski definition) is 1. The number of nitrogens with zero attached hydrogens (tertiary/aromatic N) is 2. The zero-order valence-electron chi connectivity index (χ0n) is 8.16. The Morgan fingerprint density at radius 2 is 2.46 bits per heavy atom. The second-order valence-corrected chi connectivity index (χ2v) is 3.61. The summed E-state index contributed by atoms with van der Waals surface area (Å²) in [5.41, 5.74) is 0. The van der Waals surface area contributed by atoms with E-state index in [4.69, 9.17) is 0 Å². The normalized spacial score (nSPS) is 11.0. The quantitative estimate of drug-likeness (QED) is 0.546. The van der Waals surface area contributed by atoms with E-state index in [-0.39, 0.29) is 5.91 Å². The van der Waals surface area contributed by atoms with E-state index in [9.17, 15) is 4.79 Å². The van der Waals surface area contributed by atoms with Gasteiger partial charge in [-0.25, -0.2) is 8.90 Å². The predicted octanol–water partition coefficient (Wildman–Crippen LogP) is 0.134. The van der Waals surface area contributed by atoms with Gasteiger partial charge in [0.05, 0.1) is 15.8 Å². The summed E-state index contributed by atoms with van der Waals surface area (Å²) in [6.07, 6.45) is 3.81. The number of amides is 1. The first-order chi connectivity index (χ1) is 6.20. The van der Waals surface area contributed by atoms with Gasteiger partial charge in [0.25, 0.3) is 0 Å². The van der Waals surface area contributed by atoms with Gasteiger partial charge in [0.1, 0.15) is 12.4 Å². The summed E-state index contributed by atoms with van der Waals surface area (Å²) in [6, 6.07) is 0. The van der Waals surface area contributed by atoms with Crippen molar-refractivity contribution in [2.45, 2.75) is 6.92 Å². The third kappa shape index (κ3) is 2.07. The number of carbonyl (C=O) groups is 1. The Labute approximate surface area is 79.8 Å². The standard InChI is InChI=1S/C8H14N3OP/c1-4-9-7(12)8-10(2)5-6-11(8)13-3/h5-6,13H,4H2,1-3H3/p+1. The molecule has 0 aliphatic heterocycles. The van der Waals surface area contributed by atoms with Crippen molar-refractivity contribution < 1.29 is 9.36 Å². The van der Waals surface area contributed by atoms with Crippen LogP contribution in [0.1, 0.15) is 17.5 Å². The van der Waals surface area contributed by atoms with Crippen molar-refractivity contribution in [3.8, 4) is 0 Å². The minimum absolute atomic E-state index is 0.00986. The van der Waals surface area contributed by atoms with Crippen molar-refractivity contribution in [2.75, 3.05) is 13.2 Å². The van der Waals surface area contributed by atoms with Crippen LogP contribution >= 0.6 is 8.73 Å². The molecule has 1 amide bonds. The topological polar surface area (TPSA) is 37.9 Å². The summed E-state index contributed by atoms with van der Waals surface area (Å²) in [7, 11) is 2.46. The maximum atomic E-state index is 11.6. The van der Waals surface area contributed by atoms with Gasteiger partial charge in [0, 0.05) is 6.54 Å². The highest BCUT2D eigenvalue weighted by Gasteiger charge is 2.21. The molecule has 1 atom stereocenters. The lowest BCUT2D eigenvalue weighted by Crippen LogP contribution is -2.39. The van der Waals surface area contributed by atoms with Crippen molar-refractivity contribution in [3.63, 3.8) is 0 Å². The van der Waals surface area contributed by atoms with E-state index in [1.165, 1.54) is 0 Å². The maximum Gasteiger partial charge on any atom is 0.349 e. The summed E-state index contributed by atoms with van der Waals surface area (Å²) >= 11 is 0. The minimum Gasteiger partial charge on any atom is -0.346 e. The molecule has 0 saturated heterocycles. The van der Waals surface area contributed by atoms with Crippen LogP contribution in [0.2, 0.25) is 0 Å². The third-order valence-electron chi connectivity index (χ3n) is 1.78. The Hall–Kier alpha value is -0.890. The van der Waals surface area contributed by atoms with Gasteiger partial charge in [-0.05, 0) is 13.6 Å². The van der Waals surface area contributed by atoms with E-state index in [0.717, 1.165) is 0 Å². The Balaban J connectivity index is 2.96. The summed E-state index contributed by atoms with van der Waals surface area (Å²) < 4.78 is 3.78. The molecule has 1 aromatic heterocycles. The molecule has 1 N–H and O–H groups in total. The fourth-order valence-electron chi connectivity index (χ4n) is 1.17. The van der Waals surface area contributed by atoms with Crippen molar-refractivity contribution in [3.05, 3.63) is 18.2 Å². The van der Waals surface area contributed by atoms with Crippen LogP contribution in [0, 0.1) is 0 Å². The van der Waals surface area contributed by atoms with Crippen LogP contribution in [0.15, 0.2) is 12.4 Å². The molecule has 0 bridgehead atoms. The summed E-state index contributed by atoms with van der Waals surface area (Å²) in [5.74, 6) is 0.701. The van der Waals surface area contributed by atoms with Crippen molar-refractivity contribution >= 4 is 14.6 Å². The fraction of sp³-hybridized carbons (Fsp3) is 0.500. The number of rotatable bonds is 3. The maximum absolute atomic E-state index is 11.6. The summed E-state index contributed by atoms with van der Waals surface area (Å²) in [5, 5.41) is 2.79. The summed E-state index contributed by atoms with van der Waals surface area (Å²) in [4.78, 5) is 11.6. The summed E-state index contributed by atoms with van der Waals surface area (Å²) in [6.45, 7) is 4.62. The van der Waals surface area contributed by atoms with E-state index < -0.39 is 0 Å². The minimum atomic E-state index is -0.00986. The first kappa shape index (κ1) is 10.2. The molecule has 0 saturated carbocycles. The zero-order chi connectivity index (χ0) is 9.84. The third-order valence-corrected chi connectivity index (χ3v) is 2.63. The first-order valence-corrected chi connectivity index (χ1v) is 5.68. The van der Waals surface area contributed by atoms with E-state index in [0.29, 0.717) is 21.1 Å². The van der Waals surface area contributed by atoms with Crippen molar-refractivity contribution in [2.24, 2.45) is 7.05 Å². The predicted molar refractivity (Wildman–Crippen MR) is 53.3 cm³/mol. The average Bonchev–Trinajstić information content (AvgIpc) is 2.47. The van der Waals surface area contributed by atoms with Gasteiger partial charge in [-0.3, -0.25) is 4.79 Å². The number of aromatic nitrogens is 2. The molecule has 1 aromatic rings. The molecule has 72 valence electrons. The highest BCUT2D eigenvalue weighted by molar-refractivity contribution is 7.35. The van der Waals surface area contributed by atoms with E-state index in [1.54, 1.807) is 0 Å². The molecule has 0 aliphatic rings. The van der Waals surface area contributed by atoms with Gasteiger partial charge >= 0.3 is 11.7 Å². The second kappa shape index (κ2) is 4.38. The van der Waals surface area contributed by atoms with E-state index >= 15 is 0 Å². The van der Waals surface area contributed by atoms with Gasteiger partial charge < -0.3 is 5.32 Å². The van der Waals surface area contributed by atoms with Crippen LogP contribution in [0.3, 0.4) is 0 Å². The number of hydrogen-bond acceptors (Lipinski definition) is 1. The van der Waals surface area contributed by atoms with Gasteiger partial charge in [-0.2, -0.15) is 0 Å². The van der Waals surface area contributed by atoms with Gasteiger partial charge in [-0.1, -0.05) is 0 Å². The Morgan fingerprint density at radius 3 is 3.00 bits per heavy atom. The number of imidazole rings is 1. The molecule has 1 unspecified atom stereocenters. The largest absolute Gasteiger partial charge is 0.349 e. The smallest absolute Gasteiger partial charge is 0.346 e. The molecular weight excluding hydrogens is 185 g/mol. The zero-order valence-corrected chi connectivity index (χ0v) is 9.16. The second-order valence-electron chi connectivity index (χ2n) is 2.69.